The van der Waals surface area contributed by atoms with Crippen LogP contribution >= 0.6 is 11.6 Å². The molecule has 0 aliphatic carbocycles. The number of anilines is 5. The molecule has 0 spiro atoms. The molecule has 0 aliphatic heterocycles. The summed E-state index contributed by atoms with van der Waals surface area (Å²) in [6.07, 6.45) is 2.31. The van der Waals surface area contributed by atoms with Crippen LogP contribution in [0.1, 0.15) is 51.9 Å². The van der Waals surface area contributed by atoms with E-state index in [-0.39, 0.29) is 29.3 Å². The molecule has 17 heteroatoms. The van der Waals surface area contributed by atoms with Gasteiger partial charge in [0, 0.05) is 35.4 Å². The standard InChI is InChI=1S/C20H30N6O2.C15H17ClN4O2.C5H14N2/c1-14(2)28-17-9-7-16(8-10-17)23-20(27)25-19-22-15(3)13-18(24-19)21-11-6-12-26(4)5;1-9(2)22-12-6-4-11(5-7-12)18-15(21)20-14-17-10(3)8-13(16)19-14;1-7(2)5-3-4-6/h7-10,13-14H,6,11-12H2,1-5H3,(H3,21,22,23,24,25,27);4-9H,1-3H3,(H2,17,18,19,20,21);3-6H2,1-2H3. The minimum Gasteiger partial charge on any atom is -0.491 e. The molecule has 16 nitrogen and oxygen atoms in total. The Labute approximate surface area is 342 Å². The second-order valence-corrected chi connectivity index (χ2v) is 14.3. The number of nitrogens with two attached hydrogens (primary N) is 1. The number of ether oxygens (including phenoxy) is 2. The topological polar surface area (TPSA) is 197 Å². The fourth-order valence-electron chi connectivity index (χ4n) is 4.63. The van der Waals surface area contributed by atoms with E-state index in [1.165, 1.54) is 0 Å². The Balaban J connectivity index is 0.000000344. The third kappa shape index (κ3) is 22.1. The van der Waals surface area contributed by atoms with Gasteiger partial charge in [0.1, 0.15) is 22.5 Å². The number of aryl methyl sites for hydroxylation is 2. The molecular formula is C40H61ClN12O4. The maximum Gasteiger partial charge on any atom is 0.326 e. The first-order valence-corrected chi connectivity index (χ1v) is 19.2. The van der Waals surface area contributed by atoms with Gasteiger partial charge >= 0.3 is 12.1 Å². The summed E-state index contributed by atoms with van der Waals surface area (Å²) in [6, 6.07) is 16.9. The third-order valence-corrected chi connectivity index (χ3v) is 7.19. The lowest BCUT2D eigenvalue weighted by molar-refractivity contribution is 0.242. The van der Waals surface area contributed by atoms with Gasteiger partial charge in [0.05, 0.1) is 12.2 Å². The van der Waals surface area contributed by atoms with Crippen LogP contribution in [-0.4, -0.2) is 108 Å². The van der Waals surface area contributed by atoms with Crippen molar-refractivity contribution in [2.24, 2.45) is 5.73 Å². The van der Waals surface area contributed by atoms with Crippen LogP contribution in [0, 0.1) is 13.8 Å². The summed E-state index contributed by atoms with van der Waals surface area (Å²) >= 11 is 5.82. The third-order valence-electron chi connectivity index (χ3n) is 6.99. The predicted octanol–water partition coefficient (Wildman–Crippen LogP) is 7.35. The highest BCUT2D eigenvalue weighted by atomic mass is 35.5. The number of amides is 4. The van der Waals surface area contributed by atoms with Crippen molar-refractivity contribution in [2.75, 3.05) is 81.0 Å². The molecule has 2 aromatic carbocycles. The van der Waals surface area contributed by atoms with Gasteiger partial charge in [0.2, 0.25) is 11.9 Å². The number of hydrogen-bond donors (Lipinski definition) is 6. The van der Waals surface area contributed by atoms with Gasteiger partial charge in [-0.25, -0.2) is 24.5 Å². The molecule has 4 rings (SSSR count). The monoisotopic (exact) mass is 808 g/mol. The zero-order chi connectivity index (χ0) is 42.3. The molecule has 4 aromatic rings. The van der Waals surface area contributed by atoms with Crippen LogP contribution in [0.4, 0.5) is 38.7 Å². The number of halogens is 1. The summed E-state index contributed by atoms with van der Waals surface area (Å²) < 4.78 is 11.1. The Bertz CT molecular complexity index is 1760. The Morgan fingerprint density at radius 3 is 1.51 bits per heavy atom. The van der Waals surface area contributed by atoms with E-state index < -0.39 is 12.1 Å². The van der Waals surface area contributed by atoms with Crippen LogP contribution in [-0.2, 0) is 0 Å². The van der Waals surface area contributed by atoms with Gasteiger partial charge in [-0.05, 0) is 157 Å². The Morgan fingerprint density at radius 1 is 0.667 bits per heavy atom. The van der Waals surface area contributed by atoms with E-state index in [9.17, 15) is 9.59 Å². The number of carbonyl (C=O) groups is 2. The van der Waals surface area contributed by atoms with Crippen LogP contribution < -0.4 is 41.8 Å². The van der Waals surface area contributed by atoms with Crippen molar-refractivity contribution in [3.8, 4) is 11.5 Å². The second-order valence-electron chi connectivity index (χ2n) is 13.9. The van der Waals surface area contributed by atoms with E-state index in [2.05, 4.69) is 70.4 Å². The fourth-order valence-corrected chi connectivity index (χ4v) is 4.86. The smallest absolute Gasteiger partial charge is 0.326 e. The molecule has 312 valence electrons. The number of benzene rings is 2. The van der Waals surface area contributed by atoms with E-state index in [4.69, 9.17) is 26.8 Å². The van der Waals surface area contributed by atoms with Crippen molar-refractivity contribution < 1.29 is 19.1 Å². The van der Waals surface area contributed by atoms with E-state index in [1.54, 1.807) is 49.4 Å². The summed E-state index contributed by atoms with van der Waals surface area (Å²) in [5.41, 5.74) is 7.98. The van der Waals surface area contributed by atoms with Crippen molar-refractivity contribution in [3.05, 3.63) is 77.2 Å². The zero-order valence-electron chi connectivity index (χ0n) is 34.9. The molecule has 2 heterocycles. The molecule has 0 saturated heterocycles. The SMILES string of the molecule is CN(C)CCCN.Cc1cc(Cl)nc(NC(=O)Nc2ccc(OC(C)C)cc2)n1.Cc1cc(NCCCN(C)C)nc(NC(=O)Nc2ccc(OC(C)C)cc2)n1. The summed E-state index contributed by atoms with van der Waals surface area (Å²) in [4.78, 5) is 45.0. The molecule has 7 N–H and O–H groups in total. The van der Waals surface area contributed by atoms with Gasteiger partial charge in [-0.2, -0.15) is 4.98 Å². The first kappa shape index (κ1) is 47.9. The number of urea groups is 2. The molecule has 0 fully saturated rings. The van der Waals surface area contributed by atoms with Crippen LogP contribution in [0.5, 0.6) is 11.5 Å². The molecule has 57 heavy (non-hydrogen) atoms. The Kier molecular flexibility index (Phi) is 21.7. The Hall–Kier alpha value is -5.29. The number of nitrogens with zero attached hydrogens (tertiary/aromatic N) is 6. The minimum atomic E-state index is -0.445. The highest BCUT2D eigenvalue weighted by Crippen LogP contribution is 2.19. The fraction of sp³-hybridized carbons (Fsp3) is 0.450. The quantitative estimate of drug-likeness (QED) is 0.0487. The normalized spacial score (nSPS) is 10.6. The molecule has 0 saturated carbocycles. The zero-order valence-corrected chi connectivity index (χ0v) is 35.7. The predicted molar refractivity (Wildman–Crippen MR) is 232 cm³/mol. The van der Waals surface area contributed by atoms with E-state index >= 15 is 0 Å². The van der Waals surface area contributed by atoms with Gasteiger partial charge < -0.3 is 41.0 Å². The first-order chi connectivity index (χ1) is 27.0. The number of aromatic nitrogens is 4. The molecule has 2 aromatic heterocycles. The van der Waals surface area contributed by atoms with Gasteiger partial charge in [-0.15, -0.1) is 0 Å². The summed E-state index contributed by atoms with van der Waals surface area (Å²) in [5, 5.41) is 14.2. The van der Waals surface area contributed by atoms with Crippen molar-refractivity contribution >= 4 is 52.8 Å². The number of hydrogen-bond acceptors (Lipinski definition) is 12. The van der Waals surface area contributed by atoms with Gasteiger partial charge in [0.15, 0.2) is 0 Å². The second kappa shape index (κ2) is 25.8. The first-order valence-electron chi connectivity index (χ1n) is 18.8. The molecular weight excluding hydrogens is 748 g/mol. The lowest BCUT2D eigenvalue weighted by Crippen LogP contribution is -2.21. The average molecular weight is 809 g/mol. The minimum absolute atomic E-state index is 0.102. The van der Waals surface area contributed by atoms with E-state index in [0.717, 1.165) is 56.2 Å². The van der Waals surface area contributed by atoms with Crippen molar-refractivity contribution in [1.82, 2.24) is 29.7 Å². The molecule has 0 unspecified atom stereocenters. The van der Waals surface area contributed by atoms with Gasteiger partial charge in [-0.1, -0.05) is 11.6 Å². The Morgan fingerprint density at radius 2 is 1.11 bits per heavy atom. The number of rotatable bonds is 16. The van der Waals surface area contributed by atoms with Gasteiger partial charge in [-0.3, -0.25) is 10.6 Å². The summed E-state index contributed by atoms with van der Waals surface area (Å²) in [6.45, 7) is 15.2. The van der Waals surface area contributed by atoms with Crippen LogP contribution in [0.25, 0.3) is 0 Å². The molecule has 0 radical (unpaired) electrons. The van der Waals surface area contributed by atoms with Crippen LogP contribution in [0.3, 0.4) is 0 Å². The van der Waals surface area contributed by atoms with Crippen molar-refractivity contribution in [3.63, 3.8) is 0 Å². The highest BCUT2D eigenvalue weighted by Gasteiger charge is 2.09. The largest absolute Gasteiger partial charge is 0.491 e. The molecule has 0 aliphatic rings. The van der Waals surface area contributed by atoms with Crippen molar-refractivity contribution in [1.29, 1.82) is 0 Å². The van der Waals surface area contributed by atoms with Gasteiger partial charge in [0.25, 0.3) is 0 Å². The molecule has 0 atom stereocenters. The summed E-state index contributed by atoms with van der Waals surface area (Å²) in [5.74, 6) is 2.61. The summed E-state index contributed by atoms with van der Waals surface area (Å²) in [7, 11) is 8.19. The van der Waals surface area contributed by atoms with E-state index in [1.807, 2.05) is 66.9 Å². The van der Waals surface area contributed by atoms with Crippen molar-refractivity contribution in [2.45, 2.75) is 66.6 Å². The maximum atomic E-state index is 12.2. The van der Waals surface area contributed by atoms with Crippen LogP contribution in [0.15, 0.2) is 60.7 Å². The maximum absolute atomic E-state index is 12.2. The van der Waals surface area contributed by atoms with E-state index in [0.29, 0.717) is 22.9 Å². The number of nitrogens with one attached hydrogen (secondary N) is 5. The number of carbonyl (C=O) groups excluding carboxylic acids is 2. The molecule has 0 bridgehead atoms. The lowest BCUT2D eigenvalue weighted by Gasteiger charge is -2.12. The average Bonchev–Trinajstić information content (AvgIpc) is 3.10. The van der Waals surface area contributed by atoms with Crippen LogP contribution in [0.2, 0.25) is 5.15 Å². The highest BCUT2D eigenvalue weighted by molar-refractivity contribution is 6.29. The lowest BCUT2D eigenvalue weighted by atomic mass is 10.3. The molecule has 4 amide bonds.